The van der Waals surface area contributed by atoms with Gasteiger partial charge in [-0.05, 0) is 42.8 Å². The van der Waals surface area contributed by atoms with Crippen molar-refractivity contribution in [1.82, 2.24) is 30.9 Å². The van der Waals surface area contributed by atoms with E-state index in [1.807, 2.05) is 36.4 Å². The first-order valence-corrected chi connectivity index (χ1v) is 13.2. The number of nitrogens with one attached hydrogen (secondary N) is 4. The number of thiocarbonyl (C=S) groups is 1. The van der Waals surface area contributed by atoms with Gasteiger partial charge in [0, 0.05) is 37.2 Å². The molecule has 4 rings (SSSR count). The molecule has 2 unspecified atom stereocenters. The van der Waals surface area contributed by atoms with E-state index in [2.05, 4.69) is 44.4 Å². The molecule has 2 amide bonds. The van der Waals surface area contributed by atoms with Gasteiger partial charge in [0.2, 0.25) is 5.91 Å². The Hall–Kier alpha value is -3.76. The SMILES string of the molecule is CCCc1ncccc1C(NC(=S)NNc1ncc(C(=O)NC2CCN(C)C2=O)cc1Cl)c1ccccc1. The van der Waals surface area contributed by atoms with Crippen LogP contribution >= 0.6 is 23.8 Å². The number of nitrogens with zero attached hydrogens (tertiary/aromatic N) is 3. The first kappa shape index (κ1) is 27.3. The summed E-state index contributed by atoms with van der Waals surface area (Å²) >= 11 is 12.0. The fourth-order valence-electron chi connectivity index (χ4n) is 4.28. The minimum absolute atomic E-state index is 0.109. The van der Waals surface area contributed by atoms with Crippen molar-refractivity contribution < 1.29 is 9.59 Å². The van der Waals surface area contributed by atoms with E-state index in [0.29, 0.717) is 23.9 Å². The van der Waals surface area contributed by atoms with Gasteiger partial charge in [-0.15, -0.1) is 0 Å². The van der Waals surface area contributed by atoms with E-state index in [0.717, 1.165) is 29.7 Å². The summed E-state index contributed by atoms with van der Waals surface area (Å²) in [6, 6.07) is 14.7. The number of benzene rings is 1. The summed E-state index contributed by atoms with van der Waals surface area (Å²) in [4.78, 5) is 35.1. The third kappa shape index (κ3) is 6.56. The Bertz CT molecular complexity index is 1310. The van der Waals surface area contributed by atoms with Crippen molar-refractivity contribution >= 4 is 46.6 Å². The van der Waals surface area contributed by atoms with Crippen molar-refractivity contribution in [1.29, 1.82) is 0 Å². The maximum atomic E-state index is 12.6. The average molecular weight is 552 g/mol. The Morgan fingerprint density at radius 3 is 2.68 bits per heavy atom. The van der Waals surface area contributed by atoms with Crippen molar-refractivity contribution in [2.75, 3.05) is 19.0 Å². The first-order valence-electron chi connectivity index (χ1n) is 12.4. The van der Waals surface area contributed by atoms with Crippen molar-refractivity contribution in [2.45, 2.75) is 38.3 Å². The number of carbonyl (C=O) groups is 2. The number of hydrogen-bond donors (Lipinski definition) is 4. The fourth-order valence-corrected chi connectivity index (χ4v) is 4.66. The third-order valence-electron chi connectivity index (χ3n) is 6.26. The van der Waals surface area contributed by atoms with Crippen LogP contribution in [0, 0.1) is 0 Å². The molecule has 1 aliphatic heterocycles. The van der Waals surface area contributed by atoms with Crippen molar-refractivity contribution in [3.63, 3.8) is 0 Å². The van der Waals surface area contributed by atoms with Gasteiger partial charge in [0.1, 0.15) is 6.04 Å². The summed E-state index contributed by atoms with van der Waals surface area (Å²) in [5.74, 6) is -0.217. The number of pyridine rings is 2. The van der Waals surface area contributed by atoms with E-state index in [1.54, 1.807) is 18.1 Å². The Labute approximate surface area is 232 Å². The summed E-state index contributed by atoms with van der Waals surface area (Å²) in [6.45, 7) is 2.73. The van der Waals surface area contributed by atoms with Crippen LogP contribution in [0.25, 0.3) is 0 Å². The molecule has 3 aromatic rings. The highest BCUT2D eigenvalue weighted by Gasteiger charge is 2.30. The summed E-state index contributed by atoms with van der Waals surface area (Å²) in [5, 5.41) is 6.65. The molecule has 2 atom stereocenters. The second kappa shape index (κ2) is 12.7. The Balaban J connectivity index is 1.42. The Morgan fingerprint density at radius 1 is 1.21 bits per heavy atom. The van der Waals surface area contributed by atoms with Crippen LogP contribution in [-0.4, -0.2) is 51.4 Å². The molecule has 38 heavy (non-hydrogen) atoms. The second-order valence-corrected chi connectivity index (χ2v) is 9.80. The number of anilines is 1. The van der Waals surface area contributed by atoms with Crippen molar-refractivity contribution in [3.05, 3.63) is 88.3 Å². The van der Waals surface area contributed by atoms with Gasteiger partial charge in [-0.3, -0.25) is 25.4 Å². The average Bonchev–Trinajstić information content (AvgIpc) is 3.24. The Morgan fingerprint density at radius 2 is 2.00 bits per heavy atom. The second-order valence-electron chi connectivity index (χ2n) is 8.99. The standard InChI is InChI=1S/C27H30ClN7O2S/c1-3-8-21-19(11-7-13-29-21)23(17-9-5-4-6-10-17)32-27(38)34-33-24-20(28)15-18(16-30-24)25(36)31-22-12-14-35(2)26(22)37/h4-7,9-11,13,15-16,22-23H,3,8,12,14H2,1-2H3,(H,30,33)(H,31,36)(H2,32,34,38). The topological polar surface area (TPSA) is 111 Å². The minimum atomic E-state index is -0.538. The van der Waals surface area contributed by atoms with Gasteiger partial charge < -0.3 is 15.5 Å². The molecular weight excluding hydrogens is 522 g/mol. The highest BCUT2D eigenvalue weighted by Crippen LogP contribution is 2.25. The summed E-state index contributed by atoms with van der Waals surface area (Å²) in [6.07, 6.45) is 5.59. The van der Waals surface area contributed by atoms with E-state index in [1.165, 1.54) is 12.3 Å². The Kier molecular flexibility index (Phi) is 9.09. The molecule has 11 heteroatoms. The molecule has 198 valence electrons. The maximum absolute atomic E-state index is 12.6. The molecule has 3 heterocycles. The highest BCUT2D eigenvalue weighted by atomic mass is 35.5. The van der Waals surface area contributed by atoms with Gasteiger partial charge in [0.25, 0.3) is 5.91 Å². The summed E-state index contributed by atoms with van der Waals surface area (Å²) in [5.41, 5.74) is 9.19. The van der Waals surface area contributed by atoms with E-state index in [9.17, 15) is 9.59 Å². The molecule has 1 aromatic carbocycles. The minimum Gasteiger partial charge on any atom is -0.350 e. The smallest absolute Gasteiger partial charge is 0.253 e. The lowest BCUT2D eigenvalue weighted by Gasteiger charge is -2.24. The zero-order valence-corrected chi connectivity index (χ0v) is 22.8. The monoisotopic (exact) mass is 551 g/mol. The van der Waals surface area contributed by atoms with Crippen LogP contribution in [0.5, 0.6) is 0 Å². The van der Waals surface area contributed by atoms with Crippen LogP contribution in [-0.2, 0) is 11.2 Å². The van der Waals surface area contributed by atoms with E-state index >= 15 is 0 Å². The molecule has 1 fully saturated rings. The van der Waals surface area contributed by atoms with Crippen LogP contribution in [0.15, 0.2) is 60.9 Å². The molecule has 2 aromatic heterocycles. The molecular formula is C27H30ClN7O2S. The number of amides is 2. The molecule has 1 saturated heterocycles. The zero-order valence-electron chi connectivity index (χ0n) is 21.2. The normalized spacial score (nSPS) is 15.6. The quantitative estimate of drug-likeness (QED) is 0.236. The van der Waals surface area contributed by atoms with Crippen LogP contribution in [0.4, 0.5) is 5.82 Å². The van der Waals surface area contributed by atoms with Crippen LogP contribution < -0.4 is 21.5 Å². The van der Waals surface area contributed by atoms with E-state index < -0.39 is 11.9 Å². The predicted molar refractivity (Wildman–Crippen MR) is 152 cm³/mol. The lowest BCUT2D eigenvalue weighted by molar-refractivity contribution is -0.128. The van der Waals surface area contributed by atoms with Gasteiger partial charge in [0.15, 0.2) is 10.9 Å². The summed E-state index contributed by atoms with van der Waals surface area (Å²) < 4.78 is 0. The number of hydrogen-bond acceptors (Lipinski definition) is 6. The van der Waals surface area contributed by atoms with Crippen LogP contribution in [0.2, 0.25) is 5.02 Å². The molecule has 0 aliphatic carbocycles. The van der Waals surface area contributed by atoms with Crippen molar-refractivity contribution in [3.8, 4) is 0 Å². The lowest BCUT2D eigenvalue weighted by Crippen LogP contribution is -2.41. The molecule has 0 spiro atoms. The molecule has 0 radical (unpaired) electrons. The fraction of sp³-hybridized carbons (Fsp3) is 0.296. The number of likely N-dealkylation sites (tertiary alicyclic amines) is 1. The van der Waals surface area contributed by atoms with Gasteiger partial charge in [-0.25, -0.2) is 4.98 Å². The number of aromatic nitrogens is 2. The number of likely N-dealkylation sites (N-methyl/N-ethyl adjacent to an activating group) is 1. The largest absolute Gasteiger partial charge is 0.350 e. The number of hydrazine groups is 1. The number of rotatable bonds is 9. The molecule has 0 bridgehead atoms. The molecule has 4 N–H and O–H groups in total. The molecule has 1 aliphatic rings. The zero-order chi connectivity index (χ0) is 27.1. The lowest BCUT2D eigenvalue weighted by atomic mass is 9.96. The number of aryl methyl sites for hydroxylation is 1. The summed E-state index contributed by atoms with van der Waals surface area (Å²) in [7, 11) is 1.71. The third-order valence-corrected chi connectivity index (χ3v) is 6.77. The predicted octanol–water partition coefficient (Wildman–Crippen LogP) is 3.62. The van der Waals surface area contributed by atoms with Gasteiger partial charge in [-0.1, -0.05) is 61.3 Å². The maximum Gasteiger partial charge on any atom is 0.253 e. The number of carbonyl (C=O) groups excluding carboxylic acids is 2. The van der Waals surface area contributed by atoms with E-state index in [4.69, 9.17) is 23.8 Å². The highest BCUT2D eigenvalue weighted by molar-refractivity contribution is 7.80. The van der Waals surface area contributed by atoms with E-state index in [-0.39, 0.29) is 22.5 Å². The molecule has 9 nitrogen and oxygen atoms in total. The van der Waals surface area contributed by atoms with Gasteiger partial charge in [-0.2, -0.15) is 0 Å². The first-order chi connectivity index (χ1) is 18.4. The number of halogens is 1. The van der Waals surface area contributed by atoms with Gasteiger partial charge in [0.05, 0.1) is 16.6 Å². The van der Waals surface area contributed by atoms with Crippen LogP contribution in [0.1, 0.15) is 53.0 Å². The molecule has 0 saturated carbocycles. The van der Waals surface area contributed by atoms with Gasteiger partial charge >= 0.3 is 0 Å². The van der Waals surface area contributed by atoms with Crippen molar-refractivity contribution in [2.24, 2.45) is 0 Å². The van der Waals surface area contributed by atoms with Crippen LogP contribution in [0.3, 0.4) is 0 Å².